The molecule has 0 aliphatic heterocycles. The van der Waals surface area contributed by atoms with Gasteiger partial charge in [-0.2, -0.15) is 0 Å². The molecule has 0 N–H and O–H groups in total. The Balaban J connectivity index is 3.02. The van der Waals surface area contributed by atoms with Gasteiger partial charge in [0.2, 0.25) is 0 Å². The summed E-state index contributed by atoms with van der Waals surface area (Å²) >= 11 is 4.56. The molecule has 1 unspecified atom stereocenters. The molecule has 14 heavy (non-hydrogen) atoms. The van der Waals surface area contributed by atoms with Crippen LogP contribution in [0.3, 0.4) is 0 Å². The molecule has 0 saturated carbocycles. The number of carbonyl (C=O) groups excluding carboxylic acids is 1. The van der Waals surface area contributed by atoms with Crippen molar-refractivity contribution < 1.29 is 9.18 Å². The van der Waals surface area contributed by atoms with Gasteiger partial charge in [-0.1, -0.05) is 22.0 Å². The first-order valence-electron chi connectivity index (χ1n) is 4.04. The molecule has 1 aromatic rings. The zero-order valence-electron chi connectivity index (χ0n) is 7.88. The molecule has 0 fully saturated rings. The zero-order chi connectivity index (χ0) is 10.7. The topological polar surface area (TPSA) is 17.1 Å². The molecule has 76 valence electrons. The van der Waals surface area contributed by atoms with Crippen LogP contribution in [0.4, 0.5) is 4.39 Å². The highest BCUT2D eigenvalue weighted by molar-refractivity contribution is 9.09. The summed E-state index contributed by atoms with van der Waals surface area (Å²) in [5.41, 5.74) is 0.660. The van der Waals surface area contributed by atoms with E-state index in [2.05, 4.69) is 15.9 Å². The molecule has 0 spiro atoms. The van der Waals surface area contributed by atoms with Gasteiger partial charge >= 0.3 is 0 Å². The zero-order valence-corrected chi connectivity index (χ0v) is 10.3. The van der Waals surface area contributed by atoms with Gasteiger partial charge in [0.15, 0.2) is 0 Å². The first-order chi connectivity index (χ1) is 6.56. The predicted octanol–water partition coefficient (Wildman–Crippen LogP) is 3.57. The Kier molecular flexibility index (Phi) is 4.13. The summed E-state index contributed by atoms with van der Waals surface area (Å²) in [6.45, 7) is 1.47. The summed E-state index contributed by atoms with van der Waals surface area (Å²) in [6, 6.07) is 4.84. The lowest BCUT2D eigenvalue weighted by Gasteiger charge is -2.07. The normalized spacial score (nSPS) is 12.6. The highest BCUT2D eigenvalue weighted by atomic mass is 79.9. The molecule has 1 nitrogen and oxygen atoms in total. The van der Waals surface area contributed by atoms with E-state index in [9.17, 15) is 9.18 Å². The third kappa shape index (κ3) is 2.58. The molecule has 1 atom stereocenters. The van der Waals surface area contributed by atoms with Crippen molar-refractivity contribution in [2.24, 2.45) is 0 Å². The van der Waals surface area contributed by atoms with Crippen molar-refractivity contribution in [3.8, 4) is 0 Å². The second-order valence-corrected chi connectivity index (χ2v) is 4.63. The fraction of sp³-hybridized carbons (Fsp3) is 0.300. The number of ketones is 1. The van der Waals surface area contributed by atoms with E-state index in [0.717, 1.165) is 0 Å². The Bertz CT molecular complexity index is 354. The van der Waals surface area contributed by atoms with Crippen molar-refractivity contribution in [3.63, 3.8) is 0 Å². The largest absolute Gasteiger partial charge is 0.298 e. The van der Waals surface area contributed by atoms with Crippen molar-refractivity contribution >= 4 is 33.5 Å². The fourth-order valence-corrected chi connectivity index (χ4v) is 1.82. The van der Waals surface area contributed by atoms with Gasteiger partial charge in [0.05, 0.1) is 4.83 Å². The molecule has 4 heteroatoms. The molecular weight excluding hydrogens is 267 g/mol. The Morgan fingerprint density at radius 2 is 2.21 bits per heavy atom. The molecule has 0 radical (unpaired) electrons. The second kappa shape index (κ2) is 4.94. The molecule has 1 aromatic carbocycles. The standard InChI is InChI=1S/C10H10BrFOS/c1-6(13)10(11)7-3-4-9(14-2)8(12)5-7/h3-5,10H,1-2H3. The number of rotatable bonds is 3. The molecule has 0 amide bonds. The maximum atomic E-state index is 13.3. The van der Waals surface area contributed by atoms with Crippen LogP contribution in [0.5, 0.6) is 0 Å². The summed E-state index contributed by atoms with van der Waals surface area (Å²) < 4.78 is 13.3. The minimum atomic E-state index is -0.409. The van der Waals surface area contributed by atoms with Gasteiger partial charge in [-0.05, 0) is 30.9 Å². The van der Waals surface area contributed by atoms with Gasteiger partial charge in [0, 0.05) is 4.90 Å². The summed E-state index contributed by atoms with van der Waals surface area (Å²) in [5.74, 6) is -0.304. The van der Waals surface area contributed by atoms with E-state index in [0.29, 0.717) is 10.5 Å². The Labute approximate surface area is 95.2 Å². The van der Waals surface area contributed by atoms with Gasteiger partial charge in [0.1, 0.15) is 11.6 Å². The average molecular weight is 277 g/mol. The second-order valence-electron chi connectivity index (χ2n) is 2.87. The van der Waals surface area contributed by atoms with Gasteiger partial charge < -0.3 is 0 Å². The van der Waals surface area contributed by atoms with E-state index in [-0.39, 0.29) is 11.6 Å². The van der Waals surface area contributed by atoms with Gasteiger partial charge in [-0.15, -0.1) is 11.8 Å². The van der Waals surface area contributed by atoms with Crippen LogP contribution in [0.1, 0.15) is 17.3 Å². The number of carbonyl (C=O) groups is 1. The summed E-state index contributed by atoms with van der Waals surface area (Å²) in [6.07, 6.45) is 1.81. The molecule has 0 aliphatic carbocycles. The minimum absolute atomic E-state index is 0.0266. The number of thioether (sulfide) groups is 1. The van der Waals surface area contributed by atoms with Crippen molar-refractivity contribution in [1.29, 1.82) is 0 Å². The quantitative estimate of drug-likeness (QED) is 0.620. The lowest BCUT2D eigenvalue weighted by atomic mass is 10.1. The highest BCUT2D eigenvalue weighted by Crippen LogP contribution is 2.27. The monoisotopic (exact) mass is 276 g/mol. The first-order valence-corrected chi connectivity index (χ1v) is 6.18. The van der Waals surface area contributed by atoms with Crippen LogP contribution >= 0.6 is 27.7 Å². The number of Topliss-reactive ketones (excluding diaryl/α,β-unsaturated/α-hetero) is 1. The number of hydrogen-bond donors (Lipinski definition) is 0. The van der Waals surface area contributed by atoms with E-state index in [1.807, 2.05) is 6.26 Å². The van der Waals surface area contributed by atoms with Crippen molar-refractivity contribution in [2.45, 2.75) is 16.6 Å². The Hall–Kier alpha value is -0.350. The van der Waals surface area contributed by atoms with E-state index in [4.69, 9.17) is 0 Å². The molecule has 1 rings (SSSR count). The van der Waals surface area contributed by atoms with Crippen LogP contribution in [-0.4, -0.2) is 12.0 Å². The lowest BCUT2D eigenvalue weighted by Crippen LogP contribution is -2.01. The molecule has 0 aliphatic rings. The smallest absolute Gasteiger partial charge is 0.147 e. The van der Waals surface area contributed by atoms with Crippen LogP contribution in [0.2, 0.25) is 0 Å². The van der Waals surface area contributed by atoms with Crippen LogP contribution in [0.15, 0.2) is 23.1 Å². The highest BCUT2D eigenvalue weighted by Gasteiger charge is 2.14. The average Bonchev–Trinajstić information content (AvgIpc) is 2.16. The molecular formula is C10H10BrFOS. The number of alkyl halides is 1. The Morgan fingerprint density at radius 3 is 2.64 bits per heavy atom. The van der Waals surface area contributed by atoms with E-state index >= 15 is 0 Å². The maximum Gasteiger partial charge on any atom is 0.147 e. The fourth-order valence-electron chi connectivity index (χ4n) is 1.07. The first kappa shape index (κ1) is 11.7. The Morgan fingerprint density at radius 1 is 1.57 bits per heavy atom. The molecule has 0 aromatic heterocycles. The number of hydrogen-bond acceptors (Lipinski definition) is 2. The van der Waals surface area contributed by atoms with Crippen molar-refractivity contribution in [3.05, 3.63) is 29.6 Å². The minimum Gasteiger partial charge on any atom is -0.298 e. The molecule has 0 saturated heterocycles. The van der Waals surface area contributed by atoms with Crippen molar-refractivity contribution in [2.75, 3.05) is 6.26 Å². The third-order valence-electron chi connectivity index (χ3n) is 1.83. The summed E-state index contributed by atoms with van der Waals surface area (Å²) in [4.78, 5) is 11.2. The van der Waals surface area contributed by atoms with E-state index < -0.39 is 4.83 Å². The van der Waals surface area contributed by atoms with E-state index in [1.54, 1.807) is 12.1 Å². The van der Waals surface area contributed by atoms with Crippen LogP contribution in [-0.2, 0) is 4.79 Å². The molecule has 0 bridgehead atoms. The summed E-state index contributed by atoms with van der Waals surface area (Å²) in [5, 5.41) is 0. The van der Waals surface area contributed by atoms with Crippen LogP contribution in [0.25, 0.3) is 0 Å². The number of halogens is 2. The van der Waals surface area contributed by atoms with Crippen molar-refractivity contribution in [1.82, 2.24) is 0 Å². The van der Waals surface area contributed by atoms with Crippen LogP contribution in [0, 0.1) is 5.82 Å². The van der Waals surface area contributed by atoms with Gasteiger partial charge in [-0.25, -0.2) is 4.39 Å². The van der Waals surface area contributed by atoms with Gasteiger partial charge in [0.25, 0.3) is 0 Å². The summed E-state index contributed by atoms with van der Waals surface area (Å²) in [7, 11) is 0. The van der Waals surface area contributed by atoms with Crippen LogP contribution < -0.4 is 0 Å². The lowest BCUT2D eigenvalue weighted by molar-refractivity contribution is -0.116. The predicted molar refractivity (Wildman–Crippen MR) is 60.5 cm³/mol. The number of benzene rings is 1. The molecule has 0 heterocycles. The SMILES string of the molecule is CSc1ccc(C(Br)C(C)=O)cc1F. The van der Waals surface area contributed by atoms with Gasteiger partial charge in [-0.3, -0.25) is 4.79 Å². The maximum absolute atomic E-state index is 13.3. The third-order valence-corrected chi connectivity index (χ3v) is 3.77. The van der Waals surface area contributed by atoms with E-state index in [1.165, 1.54) is 24.8 Å².